The van der Waals surface area contributed by atoms with Crippen molar-refractivity contribution >= 4 is 39.1 Å². The van der Waals surface area contributed by atoms with E-state index in [4.69, 9.17) is 27.9 Å². The standard InChI is InChI=1S/C15H13BrCl2N2O/c1-8-2-7-11(21-8)15-19-13(17)12(14(18)20-15)9-3-5-10(16)6-4-9/h3-6,8,11H,2,7H2,1H3. The summed E-state index contributed by atoms with van der Waals surface area (Å²) in [6.07, 6.45) is 2.00. The molecule has 1 aliphatic rings. The van der Waals surface area contributed by atoms with Crippen molar-refractivity contribution in [2.45, 2.75) is 32.0 Å². The number of hydrogen-bond acceptors (Lipinski definition) is 3. The highest BCUT2D eigenvalue weighted by atomic mass is 79.9. The molecular weight excluding hydrogens is 375 g/mol. The molecule has 110 valence electrons. The van der Waals surface area contributed by atoms with Crippen LogP contribution in [-0.4, -0.2) is 16.1 Å². The quantitative estimate of drug-likeness (QED) is 0.642. The Balaban J connectivity index is 1.98. The molecular formula is C15H13BrCl2N2O. The van der Waals surface area contributed by atoms with E-state index in [1.54, 1.807) is 0 Å². The summed E-state index contributed by atoms with van der Waals surface area (Å²) >= 11 is 16.0. The Hall–Kier alpha value is -0.680. The van der Waals surface area contributed by atoms with Gasteiger partial charge in [-0.15, -0.1) is 0 Å². The van der Waals surface area contributed by atoms with Crippen LogP contribution in [0.15, 0.2) is 28.7 Å². The van der Waals surface area contributed by atoms with E-state index in [0.717, 1.165) is 22.9 Å². The Bertz CT molecular complexity index is 640. The zero-order chi connectivity index (χ0) is 15.0. The van der Waals surface area contributed by atoms with E-state index in [1.807, 2.05) is 31.2 Å². The van der Waals surface area contributed by atoms with Gasteiger partial charge in [0.25, 0.3) is 0 Å². The maximum atomic E-state index is 6.32. The third kappa shape index (κ3) is 3.24. The number of aromatic nitrogens is 2. The minimum atomic E-state index is -0.117. The van der Waals surface area contributed by atoms with E-state index in [1.165, 1.54) is 0 Å². The second kappa shape index (κ2) is 6.21. The van der Waals surface area contributed by atoms with Gasteiger partial charge in [-0.05, 0) is 37.5 Å². The van der Waals surface area contributed by atoms with E-state index in [-0.39, 0.29) is 12.2 Å². The van der Waals surface area contributed by atoms with Crippen LogP contribution in [0.4, 0.5) is 0 Å². The first-order valence-corrected chi connectivity index (χ1v) is 8.24. The van der Waals surface area contributed by atoms with Gasteiger partial charge in [0.05, 0.1) is 11.7 Å². The van der Waals surface area contributed by atoms with Crippen LogP contribution in [0.5, 0.6) is 0 Å². The van der Waals surface area contributed by atoms with Crippen molar-refractivity contribution in [2.75, 3.05) is 0 Å². The van der Waals surface area contributed by atoms with Crippen LogP contribution in [0.25, 0.3) is 11.1 Å². The van der Waals surface area contributed by atoms with Gasteiger partial charge in [-0.3, -0.25) is 0 Å². The predicted octanol–water partition coefficient (Wildman–Crippen LogP) is 5.45. The van der Waals surface area contributed by atoms with Crippen LogP contribution in [0, 0.1) is 0 Å². The molecule has 6 heteroatoms. The third-order valence-corrected chi connectivity index (χ3v) is 4.57. The average molecular weight is 388 g/mol. The molecule has 0 radical (unpaired) electrons. The molecule has 0 spiro atoms. The summed E-state index contributed by atoms with van der Waals surface area (Å²) in [6, 6.07) is 7.71. The molecule has 2 atom stereocenters. The summed E-state index contributed by atoms with van der Waals surface area (Å²) in [7, 11) is 0. The second-order valence-electron chi connectivity index (χ2n) is 5.06. The number of nitrogens with zero attached hydrogens (tertiary/aromatic N) is 2. The summed E-state index contributed by atoms with van der Waals surface area (Å²) in [5, 5.41) is 0.714. The number of halogens is 3. The summed E-state index contributed by atoms with van der Waals surface area (Å²) < 4.78 is 6.76. The lowest BCUT2D eigenvalue weighted by atomic mass is 10.1. The molecule has 1 aromatic carbocycles. The Morgan fingerprint density at radius 2 is 1.71 bits per heavy atom. The SMILES string of the molecule is CC1CCC(c2nc(Cl)c(-c3ccc(Br)cc3)c(Cl)n2)O1. The normalized spacial score (nSPS) is 21.7. The zero-order valence-corrected chi connectivity index (χ0v) is 14.4. The van der Waals surface area contributed by atoms with Crippen molar-refractivity contribution in [3.8, 4) is 11.1 Å². The maximum absolute atomic E-state index is 6.32. The predicted molar refractivity (Wildman–Crippen MR) is 87.7 cm³/mol. The lowest BCUT2D eigenvalue weighted by molar-refractivity contribution is 0.0503. The van der Waals surface area contributed by atoms with Gasteiger partial charge >= 0.3 is 0 Å². The molecule has 2 heterocycles. The van der Waals surface area contributed by atoms with Gasteiger partial charge in [-0.2, -0.15) is 0 Å². The molecule has 2 aromatic rings. The first kappa shape index (κ1) is 15.2. The van der Waals surface area contributed by atoms with Crippen LogP contribution in [0.1, 0.15) is 31.7 Å². The fraction of sp³-hybridized carbons (Fsp3) is 0.333. The van der Waals surface area contributed by atoms with Gasteiger partial charge in [0.1, 0.15) is 16.4 Å². The molecule has 3 rings (SSSR count). The largest absolute Gasteiger partial charge is 0.367 e. The fourth-order valence-corrected chi connectivity index (χ4v) is 3.30. The van der Waals surface area contributed by atoms with Crippen molar-refractivity contribution < 1.29 is 4.74 Å². The molecule has 1 aromatic heterocycles. The van der Waals surface area contributed by atoms with E-state index in [0.29, 0.717) is 21.7 Å². The average Bonchev–Trinajstić information content (AvgIpc) is 2.87. The summed E-state index contributed by atoms with van der Waals surface area (Å²) in [6.45, 7) is 2.04. The zero-order valence-electron chi connectivity index (χ0n) is 11.3. The van der Waals surface area contributed by atoms with Gasteiger partial charge in [-0.25, -0.2) is 9.97 Å². The number of benzene rings is 1. The lowest BCUT2D eigenvalue weighted by Crippen LogP contribution is -2.06. The van der Waals surface area contributed by atoms with E-state index in [2.05, 4.69) is 25.9 Å². The fourth-order valence-electron chi connectivity index (χ4n) is 2.41. The molecule has 0 N–H and O–H groups in total. The third-order valence-electron chi connectivity index (χ3n) is 3.49. The van der Waals surface area contributed by atoms with Crippen molar-refractivity contribution in [1.29, 1.82) is 0 Å². The second-order valence-corrected chi connectivity index (χ2v) is 6.69. The van der Waals surface area contributed by atoms with Crippen molar-refractivity contribution in [1.82, 2.24) is 9.97 Å². The number of hydrogen-bond donors (Lipinski definition) is 0. The van der Waals surface area contributed by atoms with E-state index < -0.39 is 0 Å². The van der Waals surface area contributed by atoms with Crippen LogP contribution < -0.4 is 0 Å². The Kier molecular flexibility index (Phi) is 4.50. The smallest absolute Gasteiger partial charge is 0.160 e. The minimum absolute atomic E-state index is 0.117. The Labute approximate surface area is 141 Å². The van der Waals surface area contributed by atoms with Gasteiger partial charge in [0.2, 0.25) is 0 Å². The van der Waals surface area contributed by atoms with Gasteiger partial charge in [0, 0.05) is 4.47 Å². The van der Waals surface area contributed by atoms with Gasteiger partial charge < -0.3 is 4.74 Å². The highest BCUT2D eigenvalue weighted by molar-refractivity contribution is 9.10. The molecule has 0 saturated carbocycles. The molecule has 21 heavy (non-hydrogen) atoms. The number of rotatable bonds is 2. The Morgan fingerprint density at radius 1 is 1.10 bits per heavy atom. The van der Waals surface area contributed by atoms with Crippen LogP contribution in [-0.2, 0) is 4.74 Å². The van der Waals surface area contributed by atoms with Crippen molar-refractivity contribution in [2.24, 2.45) is 0 Å². The molecule has 3 nitrogen and oxygen atoms in total. The van der Waals surface area contributed by atoms with Crippen LogP contribution in [0.3, 0.4) is 0 Å². The van der Waals surface area contributed by atoms with Crippen molar-refractivity contribution in [3.05, 3.63) is 44.9 Å². The van der Waals surface area contributed by atoms with Crippen molar-refractivity contribution in [3.63, 3.8) is 0 Å². The molecule has 1 aliphatic heterocycles. The molecule has 0 aliphatic carbocycles. The molecule has 1 fully saturated rings. The summed E-state index contributed by atoms with van der Waals surface area (Å²) in [5.41, 5.74) is 1.54. The van der Waals surface area contributed by atoms with Gasteiger partial charge in [0.15, 0.2) is 5.82 Å². The topological polar surface area (TPSA) is 35.0 Å². The van der Waals surface area contributed by atoms with E-state index >= 15 is 0 Å². The first-order valence-electron chi connectivity index (χ1n) is 6.69. The summed E-state index contributed by atoms with van der Waals surface area (Å²) in [5.74, 6) is 0.565. The highest BCUT2D eigenvalue weighted by Gasteiger charge is 2.27. The van der Waals surface area contributed by atoms with E-state index in [9.17, 15) is 0 Å². The summed E-state index contributed by atoms with van der Waals surface area (Å²) in [4.78, 5) is 8.76. The highest BCUT2D eigenvalue weighted by Crippen LogP contribution is 2.37. The first-order chi connectivity index (χ1) is 10.0. The minimum Gasteiger partial charge on any atom is -0.367 e. The Morgan fingerprint density at radius 3 is 2.24 bits per heavy atom. The van der Waals surface area contributed by atoms with Gasteiger partial charge in [-0.1, -0.05) is 51.3 Å². The lowest BCUT2D eigenvalue weighted by Gasteiger charge is -2.13. The van der Waals surface area contributed by atoms with Crippen LogP contribution in [0.2, 0.25) is 10.3 Å². The molecule has 0 bridgehead atoms. The molecule has 2 unspecified atom stereocenters. The maximum Gasteiger partial charge on any atom is 0.160 e. The molecule has 0 amide bonds. The monoisotopic (exact) mass is 386 g/mol. The van der Waals surface area contributed by atoms with Crippen LogP contribution >= 0.6 is 39.1 Å². The molecule has 1 saturated heterocycles. The number of ether oxygens (including phenoxy) is 1.